The molecule has 2 aliphatic rings. The molecule has 5 nitrogen and oxygen atoms in total. The average molecular weight is 299 g/mol. The van der Waals surface area contributed by atoms with Gasteiger partial charge in [0.05, 0.1) is 17.5 Å². The Hall–Kier alpha value is -2.43. The third-order valence-electron chi connectivity index (χ3n) is 4.16. The summed E-state index contributed by atoms with van der Waals surface area (Å²) in [5, 5.41) is 0. The number of imide groups is 1. The maximum atomic E-state index is 12.6. The first-order chi connectivity index (χ1) is 10.5. The Balaban J connectivity index is 1.91. The van der Waals surface area contributed by atoms with E-state index in [1.54, 1.807) is 24.3 Å². The van der Waals surface area contributed by atoms with Gasteiger partial charge in [0.2, 0.25) is 11.8 Å². The molecule has 0 bridgehead atoms. The number of nitrogens with zero attached hydrogens (tertiary/aromatic N) is 1. The van der Waals surface area contributed by atoms with Gasteiger partial charge in [-0.2, -0.15) is 0 Å². The van der Waals surface area contributed by atoms with Crippen LogP contribution in [0.15, 0.2) is 35.9 Å². The highest BCUT2D eigenvalue weighted by Gasteiger charge is 2.48. The van der Waals surface area contributed by atoms with E-state index < -0.39 is 5.97 Å². The van der Waals surface area contributed by atoms with Gasteiger partial charge < -0.3 is 4.74 Å². The van der Waals surface area contributed by atoms with Gasteiger partial charge in [0.25, 0.3) is 0 Å². The molecule has 0 radical (unpaired) electrons. The van der Waals surface area contributed by atoms with E-state index in [9.17, 15) is 14.4 Å². The van der Waals surface area contributed by atoms with Crippen molar-refractivity contribution in [1.29, 1.82) is 0 Å². The molecule has 2 amide bonds. The minimum absolute atomic E-state index is 0.164. The summed E-state index contributed by atoms with van der Waals surface area (Å²) in [6.45, 7) is 3.29. The van der Waals surface area contributed by atoms with Gasteiger partial charge >= 0.3 is 5.97 Å². The Bertz CT molecular complexity index is 692. The first-order valence-corrected chi connectivity index (χ1v) is 7.29. The van der Waals surface area contributed by atoms with Crippen LogP contribution in [0.1, 0.15) is 26.7 Å². The van der Waals surface area contributed by atoms with Crippen molar-refractivity contribution < 1.29 is 19.1 Å². The molecule has 1 saturated heterocycles. The van der Waals surface area contributed by atoms with Crippen LogP contribution in [0.4, 0.5) is 5.69 Å². The lowest BCUT2D eigenvalue weighted by atomic mass is 9.82. The number of esters is 1. The fourth-order valence-corrected chi connectivity index (χ4v) is 3.14. The summed E-state index contributed by atoms with van der Waals surface area (Å²) in [5.41, 5.74) is 1.61. The summed E-state index contributed by atoms with van der Waals surface area (Å²) in [7, 11) is 0. The first-order valence-electron chi connectivity index (χ1n) is 7.29. The molecule has 114 valence electrons. The predicted molar refractivity (Wildman–Crippen MR) is 80.2 cm³/mol. The normalized spacial score (nSPS) is 24.1. The van der Waals surface area contributed by atoms with Crippen LogP contribution >= 0.6 is 0 Å². The smallest absolute Gasteiger partial charge is 0.308 e. The van der Waals surface area contributed by atoms with Crippen LogP contribution < -0.4 is 9.64 Å². The first kappa shape index (κ1) is 14.5. The summed E-state index contributed by atoms with van der Waals surface area (Å²) in [5.74, 6) is -0.982. The molecule has 1 aromatic rings. The third-order valence-corrected chi connectivity index (χ3v) is 4.16. The highest BCUT2D eigenvalue weighted by Crippen LogP contribution is 2.40. The largest absolute Gasteiger partial charge is 0.427 e. The van der Waals surface area contributed by atoms with Gasteiger partial charge in [-0.3, -0.25) is 14.4 Å². The lowest BCUT2D eigenvalue weighted by Crippen LogP contribution is -2.30. The van der Waals surface area contributed by atoms with Crippen molar-refractivity contribution in [1.82, 2.24) is 0 Å². The number of rotatable bonds is 2. The van der Waals surface area contributed by atoms with E-state index in [0.717, 1.165) is 5.57 Å². The third kappa shape index (κ3) is 2.43. The molecule has 3 rings (SSSR count). The Morgan fingerprint density at radius 2 is 1.95 bits per heavy atom. The highest BCUT2D eigenvalue weighted by atomic mass is 16.5. The molecule has 1 fully saturated rings. The standard InChI is InChI=1S/C17H17NO4/c1-10-6-7-14-15(8-10)17(21)18(16(14)20)12-4-3-5-13(9-12)22-11(2)19/h3-6,9,14-15H,7-8H2,1-2H3/t14-,15+/m0/s1. The van der Waals surface area contributed by atoms with E-state index in [0.29, 0.717) is 24.3 Å². The number of fused-ring (bicyclic) bond motifs is 1. The van der Waals surface area contributed by atoms with Crippen molar-refractivity contribution in [3.05, 3.63) is 35.9 Å². The fraction of sp³-hybridized carbons (Fsp3) is 0.353. The highest BCUT2D eigenvalue weighted by molar-refractivity contribution is 6.22. The number of ether oxygens (including phenoxy) is 1. The number of benzene rings is 1. The van der Waals surface area contributed by atoms with E-state index in [1.807, 2.05) is 13.0 Å². The van der Waals surface area contributed by atoms with Gasteiger partial charge in [0.15, 0.2) is 0 Å². The molecule has 2 atom stereocenters. The fourth-order valence-electron chi connectivity index (χ4n) is 3.14. The van der Waals surface area contributed by atoms with Crippen molar-refractivity contribution in [3.63, 3.8) is 0 Å². The Kier molecular flexibility index (Phi) is 3.56. The Morgan fingerprint density at radius 3 is 2.68 bits per heavy atom. The molecular formula is C17H17NO4. The lowest BCUT2D eigenvalue weighted by Gasteiger charge is -2.18. The average Bonchev–Trinajstić information content (AvgIpc) is 2.70. The van der Waals surface area contributed by atoms with Gasteiger partial charge in [-0.1, -0.05) is 17.7 Å². The number of allylic oxidation sites excluding steroid dienone is 2. The zero-order chi connectivity index (χ0) is 15.9. The van der Waals surface area contributed by atoms with Crippen molar-refractivity contribution in [3.8, 4) is 5.75 Å². The van der Waals surface area contributed by atoms with E-state index in [1.165, 1.54) is 11.8 Å². The van der Waals surface area contributed by atoms with Gasteiger partial charge in [0, 0.05) is 13.0 Å². The van der Waals surface area contributed by atoms with Crippen LogP contribution in [0.5, 0.6) is 5.75 Å². The quantitative estimate of drug-likeness (QED) is 0.364. The van der Waals surface area contributed by atoms with Crippen LogP contribution in [0, 0.1) is 11.8 Å². The minimum atomic E-state index is -0.440. The molecule has 0 unspecified atom stereocenters. The summed E-state index contributed by atoms with van der Waals surface area (Å²) in [6, 6.07) is 6.52. The summed E-state index contributed by atoms with van der Waals surface area (Å²) >= 11 is 0. The van der Waals surface area contributed by atoms with Crippen LogP contribution in [0.25, 0.3) is 0 Å². The van der Waals surface area contributed by atoms with Gasteiger partial charge in [0.1, 0.15) is 5.75 Å². The number of hydrogen-bond acceptors (Lipinski definition) is 4. The van der Waals surface area contributed by atoms with Crippen LogP contribution in [0.3, 0.4) is 0 Å². The molecule has 1 aromatic carbocycles. The van der Waals surface area contributed by atoms with Gasteiger partial charge in [-0.05, 0) is 31.9 Å². The molecule has 22 heavy (non-hydrogen) atoms. The number of amides is 2. The van der Waals surface area contributed by atoms with E-state index in [4.69, 9.17) is 4.74 Å². The minimum Gasteiger partial charge on any atom is -0.427 e. The molecule has 1 heterocycles. The summed E-state index contributed by atoms with van der Waals surface area (Å²) in [4.78, 5) is 37.4. The number of carbonyl (C=O) groups excluding carboxylic acids is 3. The maximum absolute atomic E-state index is 12.6. The van der Waals surface area contributed by atoms with Crippen molar-refractivity contribution in [2.45, 2.75) is 26.7 Å². The predicted octanol–water partition coefficient (Wildman–Crippen LogP) is 2.46. The van der Waals surface area contributed by atoms with E-state index >= 15 is 0 Å². The van der Waals surface area contributed by atoms with E-state index in [2.05, 4.69) is 0 Å². The van der Waals surface area contributed by atoms with Crippen molar-refractivity contribution in [2.75, 3.05) is 4.90 Å². The Morgan fingerprint density at radius 1 is 1.23 bits per heavy atom. The van der Waals surface area contributed by atoms with Gasteiger partial charge in [-0.25, -0.2) is 4.90 Å². The molecule has 0 spiro atoms. The van der Waals surface area contributed by atoms with Crippen molar-refractivity contribution in [2.24, 2.45) is 11.8 Å². The van der Waals surface area contributed by atoms with Crippen LogP contribution in [-0.2, 0) is 14.4 Å². The second-order valence-electron chi connectivity index (χ2n) is 5.81. The lowest BCUT2D eigenvalue weighted by molar-refractivity contribution is -0.132. The molecule has 0 N–H and O–H groups in total. The summed E-state index contributed by atoms with van der Waals surface area (Å²) in [6.07, 6.45) is 3.28. The monoisotopic (exact) mass is 299 g/mol. The van der Waals surface area contributed by atoms with Crippen molar-refractivity contribution >= 4 is 23.5 Å². The van der Waals surface area contributed by atoms with E-state index in [-0.39, 0.29) is 23.7 Å². The maximum Gasteiger partial charge on any atom is 0.308 e. The number of anilines is 1. The zero-order valence-corrected chi connectivity index (χ0v) is 12.5. The summed E-state index contributed by atoms with van der Waals surface area (Å²) < 4.78 is 5.02. The molecule has 0 saturated carbocycles. The van der Waals surface area contributed by atoms with Crippen LogP contribution in [-0.4, -0.2) is 17.8 Å². The van der Waals surface area contributed by atoms with Gasteiger partial charge in [-0.15, -0.1) is 0 Å². The number of carbonyl (C=O) groups is 3. The second-order valence-corrected chi connectivity index (χ2v) is 5.81. The SMILES string of the molecule is CC(=O)Oc1cccc(N2C(=O)[C@H]3CC=C(C)C[C@H]3C2=O)c1. The molecule has 5 heteroatoms. The number of hydrogen-bond donors (Lipinski definition) is 0. The molecule has 1 aliphatic heterocycles. The molecule has 0 aromatic heterocycles. The molecule has 1 aliphatic carbocycles. The topological polar surface area (TPSA) is 63.7 Å². The second kappa shape index (κ2) is 5.40. The Labute approximate surface area is 128 Å². The molecular weight excluding hydrogens is 282 g/mol. The zero-order valence-electron chi connectivity index (χ0n) is 12.5. The van der Waals surface area contributed by atoms with Crippen LogP contribution in [0.2, 0.25) is 0 Å².